The number of aryl methyl sites for hydroxylation is 1. The quantitative estimate of drug-likeness (QED) is 0.513. The molecule has 31 heavy (non-hydrogen) atoms. The maximum atomic E-state index is 12.5. The van der Waals surface area contributed by atoms with Gasteiger partial charge in [-0.25, -0.2) is 4.98 Å². The van der Waals surface area contributed by atoms with Crippen LogP contribution < -0.4 is 24.8 Å². The van der Waals surface area contributed by atoms with Gasteiger partial charge in [-0.2, -0.15) is 0 Å². The predicted molar refractivity (Wildman–Crippen MR) is 122 cm³/mol. The number of anilines is 2. The molecule has 0 aliphatic heterocycles. The molecule has 0 unspecified atom stereocenters. The lowest BCUT2D eigenvalue weighted by Gasteiger charge is -2.14. The summed E-state index contributed by atoms with van der Waals surface area (Å²) in [4.78, 5) is 28.5. The number of amides is 2. The van der Waals surface area contributed by atoms with Crippen molar-refractivity contribution in [3.63, 3.8) is 0 Å². The van der Waals surface area contributed by atoms with Crippen LogP contribution in [0.1, 0.15) is 25.3 Å². The van der Waals surface area contributed by atoms with Gasteiger partial charge in [0.2, 0.25) is 17.6 Å². The highest BCUT2D eigenvalue weighted by atomic mass is 32.1. The summed E-state index contributed by atoms with van der Waals surface area (Å²) in [5, 5.41) is 6.23. The summed E-state index contributed by atoms with van der Waals surface area (Å²) in [7, 11) is 4.58. The average Bonchev–Trinajstić information content (AvgIpc) is 3.18. The van der Waals surface area contributed by atoms with Crippen LogP contribution in [0, 0.1) is 0 Å². The number of benzene rings is 2. The third-order valence-electron chi connectivity index (χ3n) is 4.61. The van der Waals surface area contributed by atoms with Gasteiger partial charge in [0.15, 0.2) is 16.6 Å². The molecular formula is C22H25N3O5S. The van der Waals surface area contributed by atoms with Gasteiger partial charge in [0.1, 0.15) is 0 Å². The summed E-state index contributed by atoms with van der Waals surface area (Å²) in [6, 6.07) is 9.23. The minimum Gasteiger partial charge on any atom is -0.493 e. The number of carbonyl (C=O) groups excluding carboxylic acids is 2. The second-order valence-electron chi connectivity index (χ2n) is 6.69. The van der Waals surface area contributed by atoms with Gasteiger partial charge in [0, 0.05) is 30.7 Å². The number of rotatable bonds is 9. The van der Waals surface area contributed by atoms with Gasteiger partial charge in [0.25, 0.3) is 0 Å². The van der Waals surface area contributed by atoms with E-state index in [0.717, 1.165) is 15.8 Å². The van der Waals surface area contributed by atoms with E-state index >= 15 is 0 Å². The number of methoxy groups -OCH3 is 3. The molecule has 0 fully saturated rings. The van der Waals surface area contributed by atoms with Gasteiger partial charge < -0.3 is 24.8 Å². The fourth-order valence-electron chi connectivity index (χ4n) is 3.02. The van der Waals surface area contributed by atoms with Crippen molar-refractivity contribution in [1.29, 1.82) is 0 Å². The van der Waals surface area contributed by atoms with Crippen molar-refractivity contribution in [3.8, 4) is 17.2 Å². The van der Waals surface area contributed by atoms with E-state index < -0.39 is 0 Å². The molecule has 0 saturated carbocycles. The molecule has 2 aromatic carbocycles. The lowest BCUT2D eigenvalue weighted by atomic mass is 10.1. The Labute approximate surface area is 184 Å². The second kappa shape index (κ2) is 10.1. The molecular weight excluding hydrogens is 418 g/mol. The van der Waals surface area contributed by atoms with Crippen molar-refractivity contribution in [2.24, 2.45) is 0 Å². The summed E-state index contributed by atoms with van der Waals surface area (Å²) in [6.45, 7) is 1.80. The first-order valence-electron chi connectivity index (χ1n) is 9.76. The van der Waals surface area contributed by atoms with Crippen LogP contribution in [-0.4, -0.2) is 38.1 Å². The van der Waals surface area contributed by atoms with Crippen molar-refractivity contribution in [3.05, 3.63) is 35.9 Å². The number of nitrogens with one attached hydrogen (secondary N) is 2. The second-order valence-corrected chi connectivity index (χ2v) is 7.72. The maximum Gasteiger partial charge on any atom is 0.225 e. The van der Waals surface area contributed by atoms with Crippen LogP contribution >= 0.6 is 11.3 Å². The first kappa shape index (κ1) is 22.4. The molecule has 9 heteroatoms. The Kier molecular flexibility index (Phi) is 7.30. The van der Waals surface area contributed by atoms with Gasteiger partial charge >= 0.3 is 0 Å². The largest absolute Gasteiger partial charge is 0.493 e. The minimum atomic E-state index is -0.130. The first-order chi connectivity index (χ1) is 15.0. The molecule has 164 valence electrons. The average molecular weight is 444 g/mol. The fraction of sp³-hybridized carbons (Fsp3) is 0.318. The van der Waals surface area contributed by atoms with Gasteiger partial charge in [-0.05, 0) is 24.1 Å². The van der Waals surface area contributed by atoms with Crippen molar-refractivity contribution in [2.75, 3.05) is 32.0 Å². The van der Waals surface area contributed by atoms with E-state index in [1.165, 1.54) is 32.7 Å². The number of thiazole rings is 1. The van der Waals surface area contributed by atoms with Crippen molar-refractivity contribution in [2.45, 2.75) is 26.2 Å². The molecule has 0 bridgehead atoms. The zero-order valence-electron chi connectivity index (χ0n) is 17.9. The zero-order chi connectivity index (χ0) is 22.4. The highest BCUT2D eigenvalue weighted by Crippen LogP contribution is 2.40. The highest BCUT2D eigenvalue weighted by Gasteiger charge is 2.15. The number of hydrogen-bond donors (Lipinski definition) is 2. The van der Waals surface area contributed by atoms with E-state index in [2.05, 4.69) is 15.6 Å². The Balaban J connectivity index is 1.65. The zero-order valence-corrected chi connectivity index (χ0v) is 18.7. The fourth-order valence-corrected chi connectivity index (χ4v) is 3.97. The van der Waals surface area contributed by atoms with Crippen molar-refractivity contribution < 1.29 is 23.8 Å². The third-order valence-corrected chi connectivity index (χ3v) is 5.54. The lowest BCUT2D eigenvalue weighted by Crippen LogP contribution is -2.12. The predicted octanol–water partition coefficient (Wildman–Crippen LogP) is 4.24. The van der Waals surface area contributed by atoms with Crippen LogP contribution in [-0.2, 0) is 16.0 Å². The van der Waals surface area contributed by atoms with Crippen LogP contribution in [0.4, 0.5) is 10.8 Å². The number of hydrogen-bond acceptors (Lipinski definition) is 7. The standard InChI is InChI=1S/C22H25N3O5S/c1-5-19(26)25-22-24-15-8-6-13(10-18(15)31-22)7-9-20(27)23-14-11-16(28-2)21(30-4)17(12-14)29-3/h6,8,10-12H,5,7,9H2,1-4H3,(H,23,27)(H,24,25,26). The Morgan fingerprint density at radius 3 is 2.29 bits per heavy atom. The first-order valence-corrected chi connectivity index (χ1v) is 10.6. The van der Waals surface area contributed by atoms with E-state index in [1.807, 2.05) is 18.2 Å². The molecule has 2 amide bonds. The molecule has 2 N–H and O–H groups in total. The van der Waals surface area contributed by atoms with Crippen LogP contribution in [0.2, 0.25) is 0 Å². The van der Waals surface area contributed by atoms with Crippen LogP contribution in [0.25, 0.3) is 10.2 Å². The van der Waals surface area contributed by atoms with Crippen molar-refractivity contribution in [1.82, 2.24) is 4.98 Å². The Hall–Kier alpha value is -3.33. The smallest absolute Gasteiger partial charge is 0.225 e. The number of nitrogens with zero attached hydrogens (tertiary/aromatic N) is 1. The van der Waals surface area contributed by atoms with Gasteiger partial charge in [-0.15, -0.1) is 0 Å². The summed E-state index contributed by atoms with van der Waals surface area (Å²) in [5.74, 6) is 1.21. The van der Waals surface area contributed by atoms with Crippen LogP contribution in [0.15, 0.2) is 30.3 Å². The van der Waals surface area contributed by atoms with Crippen molar-refractivity contribution >= 4 is 44.2 Å². The molecule has 0 spiro atoms. The summed E-state index contributed by atoms with van der Waals surface area (Å²) >= 11 is 1.42. The molecule has 0 aliphatic carbocycles. The summed E-state index contributed by atoms with van der Waals surface area (Å²) in [6.07, 6.45) is 1.28. The van der Waals surface area contributed by atoms with Crippen LogP contribution in [0.3, 0.4) is 0 Å². The van der Waals surface area contributed by atoms with E-state index in [0.29, 0.717) is 47.3 Å². The summed E-state index contributed by atoms with van der Waals surface area (Å²) < 4.78 is 16.9. The molecule has 1 heterocycles. The molecule has 1 aromatic heterocycles. The summed E-state index contributed by atoms with van der Waals surface area (Å²) in [5.41, 5.74) is 2.40. The van der Waals surface area contributed by atoms with E-state index in [4.69, 9.17) is 14.2 Å². The van der Waals surface area contributed by atoms with Gasteiger partial charge in [-0.3, -0.25) is 9.59 Å². The molecule has 3 rings (SSSR count). The molecule has 0 saturated heterocycles. The number of fused-ring (bicyclic) bond motifs is 1. The van der Waals surface area contributed by atoms with Gasteiger partial charge in [-0.1, -0.05) is 24.3 Å². The SMILES string of the molecule is CCC(=O)Nc1nc2ccc(CCC(=O)Nc3cc(OC)c(OC)c(OC)c3)cc2s1. The van der Waals surface area contributed by atoms with E-state index in [1.54, 1.807) is 19.1 Å². The minimum absolute atomic E-state index is 0.0669. The molecule has 0 atom stereocenters. The third kappa shape index (κ3) is 5.43. The normalized spacial score (nSPS) is 10.6. The monoisotopic (exact) mass is 443 g/mol. The van der Waals surface area contributed by atoms with E-state index in [9.17, 15) is 9.59 Å². The number of aromatic nitrogens is 1. The van der Waals surface area contributed by atoms with Gasteiger partial charge in [0.05, 0.1) is 31.5 Å². The lowest BCUT2D eigenvalue weighted by molar-refractivity contribution is -0.116. The molecule has 0 aliphatic rings. The topological polar surface area (TPSA) is 98.8 Å². The number of ether oxygens (including phenoxy) is 3. The maximum absolute atomic E-state index is 12.5. The number of carbonyl (C=O) groups is 2. The van der Waals surface area contributed by atoms with E-state index in [-0.39, 0.29) is 11.8 Å². The molecule has 0 radical (unpaired) electrons. The molecule has 8 nitrogen and oxygen atoms in total. The highest BCUT2D eigenvalue weighted by molar-refractivity contribution is 7.22. The Morgan fingerprint density at radius 1 is 0.968 bits per heavy atom. The molecule has 3 aromatic rings. The Morgan fingerprint density at radius 2 is 1.68 bits per heavy atom. The van der Waals surface area contributed by atoms with Crippen LogP contribution in [0.5, 0.6) is 17.2 Å². The Bertz CT molecular complexity index is 1070.